The second kappa shape index (κ2) is 7.66. The van der Waals surface area contributed by atoms with Crippen molar-refractivity contribution in [3.05, 3.63) is 53.1 Å². The summed E-state index contributed by atoms with van der Waals surface area (Å²) in [6.07, 6.45) is -0.879. The Morgan fingerprint density at radius 3 is 2.77 bits per heavy atom. The van der Waals surface area contributed by atoms with Gasteiger partial charge >= 0.3 is 5.97 Å². The van der Waals surface area contributed by atoms with Crippen LogP contribution in [0.15, 0.2) is 42.5 Å². The SMILES string of the molecule is COC(=O)[C@@H]1CN(C(=O)COc2ccc(Cl)cc2C)c2ccccc2O1. The summed E-state index contributed by atoms with van der Waals surface area (Å²) in [7, 11) is 1.28. The first-order chi connectivity index (χ1) is 12.5. The summed E-state index contributed by atoms with van der Waals surface area (Å²) in [5.74, 6) is 0.203. The van der Waals surface area contributed by atoms with Crippen molar-refractivity contribution in [1.82, 2.24) is 0 Å². The van der Waals surface area contributed by atoms with Crippen molar-refractivity contribution in [2.24, 2.45) is 0 Å². The summed E-state index contributed by atoms with van der Waals surface area (Å²) in [4.78, 5) is 26.1. The number of anilines is 1. The second-order valence-electron chi connectivity index (χ2n) is 5.80. The third-order valence-corrected chi connectivity index (χ3v) is 4.26. The number of halogens is 1. The van der Waals surface area contributed by atoms with E-state index in [1.807, 2.05) is 6.92 Å². The van der Waals surface area contributed by atoms with Gasteiger partial charge in [0.25, 0.3) is 5.91 Å². The molecule has 0 radical (unpaired) electrons. The molecular weight excluding hydrogens is 358 g/mol. The molecule has 7 heteroatoms. The summed E-state index contributed by atoms with van der Waals surface area (Å²) in [6.45, 7) is 1.74. The summed E-state index contributed by atoms with van der Waals surface area (Å²) < 4.78 is 16.0. The Labute approximate surface area is 156 Å². The van der Waals surface area contributed by atoms with Gasteiger partial charge in [-0.15, -0.1) is 0 Å². The monoisotopic (exact) mass is 375 g/mol. The molecule has 136 valence electrons. The van der Waals surface area contributed by atoms with Gasteiger partial charge in [-0.05, 0) is 42.8 Å². The normalized spacial score (nSPS) is 15.7. The number of hydrogen-bond acceptors (Lipinski definition) is 5. The van der Waals surface area contributed by atoms with Crippen molar-refractivity contribution in [1.29, 1.82) is 0 Å². The number of carbonyl (C=O) groups is 2. The maximum absolute atomic E-state index is 12.7. The minimum Gasteiger partial charge on any atom is -0.483 e. The molecule has 2 aromatic carbocycles. The molecule has 0 saturated heterocycles. The molecule has 0 aliphatic carbocycles. The molecule has 1 heterocycles. The van der Waals surface area contributed by atoms with E-state index in [1.165, 1.54) is 12.0 Å². The molecule has 0 aromatic heterocycles. The van der Waals surface area contributed by atoms with Gasteiger partial charge < -0.3 is 19.1 Å². The Balaban J connectivity index is 1.77. The predicted octanol–water partition coefficient (Wildman–Crippen LogP) is 2.99. The number of amides is 1. The first-order valence-corrected chi connectivity index (χ1v) is 8.40. The number of hydrogen-bond donors (Lipinski definition) is 0. The third-order valence-electron chi connectivity index (χ3n) is 4.03. The van der Waals surface area contributed by atoms with Gasteiger partial charge in [-0.2, -0.15) is 0 Å². The Morgan fingerprint density at radius 1 is 1.27 bits per heavy atom. The number of fused-ring (bicyclic) bond motifs is 1. The van der Waals surface area contributed by atoms with Crippen LogP contribution >= 0.6 is 11.6 Å². The van der Waals surface area contributed by atoms with Crippen LogP contribution in [0.5, 0.6) is 11.5 Å². The lowest BCUT2D eigenvalue weighted by atomic mass is 10.2. The average molecular weight is 376 g/mol. The van der Waals surface area contributed by atoms with E-state index in [2.05, 4.69) is 0 Å². The van der Waals surface area contributed by atoms with Crippen LogP contribution in [-0.2, 0) is 14.3 Å². The first-order valence-electron chi connectivity index (χ1n) is 8.02. The predicted molar refractivity (Wildman–Crippen MR) is 96.9 cm³/mol. The van der Waals surface area contributed by atoms with Crippen molar-refractivity contribution >= 4 is 29.2 Å². The van der Waals surface area contributed by atoms with Gasteiger partial charge in [-0.1, -0.05) is 23.7 Å². The van der Waals surface area contributed by atoms with Gasteiger partial charge in [-0.3, -0.25) is 4.79 Å². The van der Waals surface area contributed by atoms with Gasteiger partial charge in [0.2, 0.25) is 6.10 Å². The van der Waals surface area contributed by atoms with Crippen LogP contribution in [0.25, 0.3) is 0 Å². The fourth-order valence-corrected chi connectivity index (χ4v) is 2.94. The molecule has 0 fully saturated rings. The van der Waals surface area contributed by atoms with E-state index in [4.69, 9.17) is 25.8 Å². The highest BCUT2D eigenvalue weighted by Crippen LogP contribution is 2.33. The fourth-order valence-electron chi connectivity index (χ4n) is 2.72. The quantitative estimate of drug-likeness (QED) is 0.769. The number of carbonyl (C=O) groups excluding carboxylic acids is 2. The standard InChI is InChI=1S/C19H18ClNO5/c1-12-9-13(20)7-8-15(12)25-11-18(22)21-10-17(19(23)24-2)26-16-6-4-3-5-14(16)21/h3-9,17H,10-11H2,1-2H3/t17-/m0/s1. The van der Waals surface area contributed by atoms with Crippen LogP contribution in [0.2, 0.25) is 5.02 Å². The van der Waals surface area contributed by atoms with Crippen LogP contribution in [0, 0.1) is 6.92 Å². The number of esters is 1. The molecule has 1 aliphatic heterocycles. The van der Waals surface area contributed by atoms with E-state index in [9.17, 15) is 9.59 Å². The molecular formula is C19H18ClNO5. The lowest BCUT2D eigenvalue weighted by Gasteiger charge is -2.33. The van der Waals surface area contributed by atoms with E-state index in [0.29, 0.717) is 22.2 Å². The molecule has 26 heavy (non-hydrogen) atoms. The summed E-state index contributed by atoms with van der Waals surface area (Å²) in [6, 6.07) is 12.2. The maximum atomic E-state index is 12.7. The molecule has 1 aliphatic rings. The molecule has 0 bridgehead atoms. The molecule has 6 nitrogen and oxygen atoms in total. The highest BCUT2D eigenvalue weighted by Gasteiger charge is 2.34. The molecule has 1 atom stereocenters. The van der Waals surface area contributed by atoms with E-state index < -0.39 is 12.1 Å². The average Bonchev–Trinajstić information content (AvgIpc) is 2.65. The smallest absolute Gasteiger partial charge is 0.348 e. The summed E-state index contributed by atoms with van der Waals surface area (Å²) >= 11 is 5.93. The van der Waals surface area contributed by atoms with Crippen molar-refractivity contribution in [2.75, 3.05) is 25.2 Å². The largest absolute Gasteiger partial charge is 0.483 e. The summed E-state index contributed by atoms with van der Waals surface area (Å²) in [5.41, 5.74) is 1.43. The number of para-hydroxylation sites is 2. The van der Waals surface area contributed by atoms with Crippen molar-refractivity contribution in [3.8, 4) is 11.5 Å². The maximum Gasteiger partial charge on any atom is 0.348 e. The van der Waals surface area contributed by atoms with Gasteiger partial charge in [0.15, 0.2) is 6.61 Å². The number of methoxy groups -OCH3 is 1. The zero-order valence-electron chi connectivity index (χ0n) is 14.4. The van der Waals surface area contributed by atoms with Crippen LogP contribution in [0.1, 0.15) is 5.56 Å². The fraction of sp³-hybridized carbons (Fsp3) is 0.263. The number of rotatable bonds is 4. The van der Waals surface area contributed by atoms with Crippen LogP contribution in [0.4, 0.5) is 5.69 Å². The number of aryl methyl sites for hydroxylation is 1. The van der Waals surface area contributed by atoms with E-state index in [0.717, 1.165) is 5.56 Å². The molecule has 0 unspecified atom stereocenters. The molecule has 3 rings (SSSR count). The molecule has 0 N–H and O–H groups in total. The highest BCUT2D eigenvalue weighted by atomic mass is 35.5. The lowest BCUT2D eigenvalue weighted by molar-refractivity contribution is -0.148. The Bertz CT molecular complexity index is 838. The number of nitrogens with zero attached hydrogens (tertiary/aromatic N) is 1. The van der Waals surface area contributed by atoms with E-state index in [-0.39, 0.29) is 19.1 Å². The van der Waals surface area contributed by atoms with E-state index >= 15 is 0 Å². The van der Waals surface area contributed by atoms with E-state index in [1.54, 1.807) is 42.5 Å². The number of benzene rings is 2. The van der Waals surface area contributed by atoms with Crippen LogP contribution in [0.3, 0.4) is 0 Å². The topological polar surface area (TPSA) is 65.1 Å². The minimum absolute atomic E-state index is 0.0610. The van der Waals surface area contributed by atoms with Crippen molar-refractivity contribution < 1.29 is 23.8 Å². The summed E-state index contributed by atoms with van der Waals surface area (Å²) in [5, 5.41) is 0.601. The van der Waals surface area contributed by atoms with Crippen molar-refractivity contribution in [2.45, 2.75) is 13.0 Å². The zero-order chi connectivity index (χ0) is 18.7. The molecule has 0 saturated carbocycles. The van der Waals surface area contributed by atoms with Crippen molar-refractivity contribution in [3.63, 3.8) is 0 Å². The number of ether oxygens (including phenoxy) is 3. The van der Waals surface area contributed by atoms with Gasteiger partial charge in [0.1, 0.15) is 11.5 Å². The highest BCUT2D eigenvalue weighted by molar-refractivity contribution is 6.30. The van der Waals surface area contributed by atoms with Crippen LogP contribution < -0.4 is 14.4 Å². The van der Waals surface area contributed by atoms with Gasteiger partial charge in [0, 0.05) is 5.02 Å². The van der Waals surface area contributed by atoms with Crippen LogP contribution in [-0.4, -0.2) is 38.2 Å². The minimum atomic E-state index is -0.879. The Hall–Kier alpha value is -2.73. The Kier molecular flexibility index (Phi) is 5.32. The van der Waals surface area contributed by atoms with Gasteiger partial charge in [-0.25, -0.2) is 4.79 Å². The second-order valence-corrected chi connectivity index (χ2v) is 6.24. The third kappa shape index (κ3) is 3.75. The molecule has 1 amide bonds. The van der Waals surface area contributed by atoms with Gasteiger partial charge in [0.05, 0.1) is 19.3 Å². The first kappa shape index (κ1) is 18.1. The Morgan fingerprint density at radius 2 is 2.04 bits per heavy atom. The lowest BCUT2D eigenvalue weighted by Crippen LogP contribution is -2.48. The molecule has 2 aromatic rings. The molecule has 0 spiro atoms. The zero-order valence-corrected chi connectivity index (χ0v) is 15.2.